The molecular formula is C15H15N3O5S. The molecule has 0 aromatic heterocycles. The number of ether oxygens (including phenoxy) is 2. The first-order chi connectivity index (χ1) is 11.5. The van der Waals surface area contributed by atoms with Gasteiger partial charge in [0.2, 0.25) is 5.91 Å². The average Bonchev–Trinajstić information content (AvgIpc) is 2.87. The van der Waals surface area contributed by atoms with Crippen LogP contribution in [0.1, 0.15) is 17.5 Å². The Morgan fingerprint density at radius 3 is 2.83 bits per heavy atom. The standard InChI is InChI=1S/C15H15N3O5S/c1-8-4-10-11(23-3-2-22-10)5-9(8)7-16-18-15-17-14(21)12(24-15)6-13(19)20/h4-5,7,12H,2-3,6H2,1H3,(H,19,20)(H,17,18,21). The highest BCUT2D eigenvalue weighted by atomic mass is 32.2. The van der Waals surface area contributed by atoms with Crippen LogP contribution in [-0.2, 0) is 9.59 Å². The molecule has 0 aliphatic carbocycles. The van der Waals surface area contributed by atoms with E-state index in [2.05, 4.69) is 15.5 Å². The predicted octanol–water partition coefficient (Wildman–Crippen LogP) is 1.16. The molecule has 1 unspecified atom stereocenters. The van der Waals surface area contributed by atoms with E-state index in [-0.39, 0.29) is 17.5 Å². The molecule has 1 amide bonds. The van der Waals surface area contributed by atoms with Gasteiger partial charge in [0.05, 0.1) is 12.6 Å². The van der Waals surface area contributed by atoms with Crippen LogP contribution in [0.15, 0.2) is 22.3 Å². The van der Waals surface area contributed by atoms with Gasteiger partial charge in [0.15, 0.2) is 16.7 Å². The number of carbonyl (C=O) groups excluding carboxylic acids is 1. The van der Waals surface area contributed by atoms with Crippen molar-refractivity contribution in [3.63, 3.8) is 0 Å². The number of benzene rings is 1. The molecule has 0 spiro atoms. The molecule has 1 aromatic rings. The molecular weight excluding hydrogens is 334 g/mol. The lowest BCUT2D eigenvalue weighted by molar-refractivity contribution is -0.138. The molecule has 1 aromatic carbocycles. The van der Waals surface area contributed by atoms with Gasteiger partial charge in [0.1, 0.15) is 18.5 Å². The summed E-state index contributed by atoms with van der Waals surface area (Å²) in [6, 6.07) is 3.69. The summed E-state index contributed by atoms with van der Waals surface area (Å²) in [5.74, 6) is -0.0329. The highest BCUT2D eigenvalue weighted by molar-refractivity contribution is 8.15. The third-order valence-electron chi connectivity index (χ3n) is 3.41. The zero-order valence-corrected chi connectivity index (χ0v) is 13.6. The maximum Gasteiger partial charge on any atom is 0.305 e. The van der Waals surface area contributed by atoms with Crippen LogP contribution in [0.3, 0.4) is 0 Å². The quantitative estimate of drug-likeness (QED) is 0.624. The van der Waals surface area contributed by atoms with E-state index in [1.54, 1.807) is 6.21 Å². The third kappa shape index (κ3) is 3.67. The van der Waals surface area contributed by atoms with Crippen LogP contribution in [0.4, 0.5) is 0 Å². The number of nitrogens with one attached hydrogen (secondary N) is 1. The van der Waals surface area contributed by atoms with E-state index in [0.29, 0.717) is 24.7 Å². The number of amides is 1. The van der Waals surface area contributed by atoms with Gasteiger partial charge >= 0.3 is 5.97 Å². The SMILES string of the molecule is Cc1cc2c(cc1C=NN=C1NC(=O)C(CC(=O)O)S1)OCCO2. The van der Waals surface area contributed by atoms with Crippen molar-refractivity contribution in [2.45, 2.75) is 18.6 Å². The Morgan fingerprint density at radius 1 is 1.42 bits per heavy atom. The Kier molecular flexibility index (Phi) is 4.70. The van der Waals surface area contributed by atoms with E-state index in [0.717, 1.165) is 22.9 Å². The maximum absolute atomic E-state index is 11.6. The fraction of sp³-hybridized carbons (Fsp3) is 0.333. The van der Waals surface area contributed by atoms with Crippen molar-refractivity contribution >= 4 is 35.0 Å². The summed E-state index contributed by atoms with van der Waals surface area (Å²) in [6.07, 6.45) is 1.30. The summed E-state index contributed by atoms with van der Waals surface area (Å²) in [7, 11) is 0. The molecule has 0 saturated carbocycles. The topological polar surface area (TPSA) is 110 Å². The largest absolute Gasteiger partial charge is 0.486 e. The number of aliphatic carboxylic acids is 1. The molecule has 2 aliphatic heterocycles. The normalized spacial score (nSPS) is 21.3. The van der Waals surface area contributed by atoms with Gasteiger partial charge in [0, 0.05) is 5.56 Å². The fourth-order valence-corrected chi connectivity index (χ4v) is 3.15. The Morgan fingerprint density at radius 2 is 2.12 bits per heavy atom. The summed E-state index contributed by atoms with van der Waals surface area (Å²) in [4.78, 5) is 22.3. The molecule has 1 saturated heterocycles. The van der Waals surface area contributed by atoms with E-state index < -0.39 is 11.2 Å². The van der Waals surface area contributed by atoms with E-state index in [1.165, 1.54) is 0 Å². The molecule has 0 radical (unpaired) electrons. The molecule has 1 atom stereocenters. The van der Waals surface area contributed by atoms with Crippen LogP contribution in [0.25, 0.3) is 0 Å². The average molecular weight is 349 g/mol. The number of rotatable bonds is 4. The van der Waals surface area contributed by atoms with Gasteiger partial charge in [-0.3, -0.25) is 9.59 Å². The van der Waals surface area contributed by atoms with Crippen molar-refractivity contribution in [2.75, 3.05) is 13.2 Å². The number of fused-ring (bicyclic) bond motifs is 1. The van der Waals surface area contributed by atoms with Crippen LogP contribution >= 0.6 is 11.8 Å². The van der Waals surface area contributed by atoms with Gasteiger partial charge in [-0.1, -0.05) is 11.8 Å². The lowest BCUT2D eigenvalue weighted by Gasteiger charge is -2.19. The van der Waals surface area contributed by atoms with E-state index in [1.807, 2.05) is 19.1 Å². The number of hydrogen-bond donors (Lipinski definition) is 2. The molecule has 3 rings (SSSR count). The first-order valence-corrected chi connectivity index (χ1v) is 8.11. The number of nitrogens with zero attached hydrogens (tertiary/aromatic N) is 2. The molecule has 24 heavy (non-hydrogen) atoms. The van der Waals surface area contributed by atoms with Crippen LogP contribution in [-0.4, -0.2) is 46.8 Å². The van der Waals surface area contributed by atoms with Crippen molar-refractivity contribution in [2.24, 2.45) is 10.2 Å². The van der Waals surface area contributed by atoms with Gasteiger partial charge in [0.25, 0.3) is 0 Å². The number of hydrogen-bond acceptors (Lipinski definition) is 7. The van der Waals surface area contributed by atoms with Gasteiger partial charge < -0.3 is 19.9 Å². The monoisotopic (exact) mass is 349 g/mol. The fourth-order valence-electron chi connectivity index (χ4n) is 2.23. The summed E-state index contributed by atoms with van der Waals surface area (Å²) < 4.78 is 11.0. The van der Waals surface area contributed by atoms with Gasteiger partial charge in [-0.15, -0.1) is 5.10 Å². The summed E-state index contributed by atoms with van der Waals surface area (Å²) in [6.45, 7) is 2.95. The molecule has 126 valence electrons. The molecule has 8 nitrogen and oxygen atoms in total. The lowest BCUT2D eigenvalue weighted by Crippen LogP contribution is -2.26. The molecule has 9 heteroatoms. The minimum absolute atomic E-state index is 0.250. The number of carboxylic acids is 1. The second-order valence-corrected chi connectivity index (χ2v) is 6.39. The van der Waals surface area contributed by atoms with Crippen molar-refractivity contribution in [3.05, 3.63) is 23.3 Å². The highest BCUT2D eigenvalue weighted by Crippen LogP contribution is 2.32. The Hall–Kier alpha value is -2.55. The third-order valence-corrected chi connectivity index (χ3v) is 4.48. The van der Waals surface area contributed by atoms with Crippen molar-refractivity contribution in [1.82, 2.24) is 5.32 Å². The molecule has 1 fully saturated rings. The van der Waals surface area contributed by atoms with Crippen LogP contribution in [0.2, 0.25) is 0 Å². The minimum Gasteiger partial charge on any atom is -0.486 e. The van der Waals surface area contributed by atoms with Crippen molar-refractivity contribution in [1.29, 1.82) is 0 Å². The highest BCUT2D eigenvalue weighted by Gasteiger charge is 2.32. The van der Waals surface area contributed by atoms with E-state index >= 15 is 0 Å². The summed E-state index contributed by atoms with van der Waals surface area (Å²) in [5, 5.41) is 18.8. The van der Waals surface area contributed by atoms with Crippen LogP contribution in [0, 0.1) is 6.92 Å². The zero-order chi connectivity index (χ0) is 17.1. The molecule has 2 heterocycles. The van der Waals surface area contributed by atoms with E-state index in [4.69, 9.17) is 14.6 Å². The molecule has 2 aliphatic rings. The number of amidine groups is 1. The van der Waals surface area contributed by atoms with Gasteiger partial charge in [-0.05, 0) is 24.6 Å². The van der Waals surface area contributed by atoms with Crippen molar-refractivity contribution in [3.8, 4) is 11.5 Å². The summed E-state index contributed by atoms with van der Waals surface area (Å²) in [5.41, 5.74) is 1.77. The number of thioether (sulfide) groups is 1. The smallest absolute Gasteiger partial charge is 0.305 e. The second kappa shape index (κ2) is 6.91. The lowest BCUT2D eigenvalue weighted by atomic mass is 10.1. The van der Waals surface area contributed by atoms with E-state index in [9.17, 15) is 9.59 Å². The van der Waals surface area contributed by atoms with Crippen molar-refractivity contribution < 1.29 is 24.2 Å². The Balaban J connectivity index is 1.70. The van der Waals surface area contributed by atoms with Gasteiger partial charge in [-0.2, -0.15) is 5.10 Å². The number of carbonyl (C=O) groups is 2. The Labute approximate surface area is 141 Å². The first kappa shape index (κ1) is 16.3. The minimum atomic E-state index is -1.03. The van der Waals surface area contributed by atoms with Gasteiger partial charge in [-0.25, -0.2) is 0 Å². The van der Waals surface area contributed by atoms with Crippen LogP contribution in [0.5, 0.6) is 11.5 Å². The first-order valence-electron chi connectivity index (χ1n) is 7.23. The van der Waals surface area contributed by atoms with Crippen LogP contribution < -0.4 is 14.8 Å². The second-order valence-electron chi connectivity index (χ2n) is 5.20. The molecule has 0 bridgehead atoms. The Bertz CT molecular complexity index is 747. The number of carboxylic acid groups (broad SMARTS) is 1. The molecule has 2 N–H and O–H groups in total. The zero-order valence-electron chi connectivity index (χ0n) is 12.8. The summed E-state index contributed by atoms with van der Waals surface area (Å²) >= 11 is 1.06. The maximum atomic E-state index is 11.6. The predicted molar refractivity (Wildman–Crippen MR) is 89.0 cm³/mol. The number of aryl methyl sites for hydroxylation is 1.